The number of hydrogen-bond donors (Lipinski definition) is 2. The number of nitrogens with two attached hydrogens (primary N) is 1. The second-order valence-electron chi connectivity index (χ2n) is 4.06. The van der Waals surface area contributed by atoms with Crippen molar-refractivity contribution in [3.8, 4) is 0 Å². The lowest BCUT2D eigenvalue weighted by molar-refractivity contribution is 0.102. The fraction of sp³-hybridized carbons (Fsp3) is 0. The van der Waals surface area contributed by atoms with Gasteiger partial charge in [0.25, 0.3) is 5.91 Å². The summed E-state index contributed by atoms with van der Waals surface area (Å²) < 4.78 is 40.2. The molecule has 0 heterocycles. The summed E-state index contributed by atoms with van der Waals surface area (Å²) in [5.74, 6) is -3.49. The number of rotatable bonds is 2. The number of carbonyl (C=O) groups is 1. The van der Waals surface area contributed by atoms with Crippen LogP contribution in [0.3, 0.4) is 0 Å². The van der Waals surface area contributed by atoms with E-state index >= 15 is 0 Å². The molecule has 1 amide bonds. The summed E-state index contributed by atoms with van der Waals surface area (Å²) >= 11 is 8.81. The molecule has 2 aromatic rings. The lowest BCUT2D eigenvalue weighted by Crippen LogP contribution is -2.16. The average molecular weight is 380 g/mol. The van der Waals surface area contributed by atoms with Crippen LogP contribution in [0.1, 0.15) is 10.4 Å². The van der Waals surface area contributed by atoms with Gasteiger partial charge in [-0.15, -0.1) is 0 Å². The number of anilines is 2. The number of hydrogen-bond acceptors (Lipinski definition) is 2. The normalized spacial score (nSPS) is 10.5. The van der Waals surface area contributed by atoms with Crippen molar-refractivity contribution in [3.05, 3.63) is 56.8 Å². The molecule has 0 fully saturated rings. The van der Waals surface area contributed by atoms with Crippen LogP contribution < -0.4 is 11.1 Å². The number of nitrogens with one attached hydrogen (secondary N) is 1. The van der Waals surface area contributed by atoms with Gasteiger partial charge in [0.1, 0.15) is 11.6 Å². The molecule has 0 spiro atoms. The summed E-state index contributed by atoms with van der Waals surface area (Å²) in [4.78, 5) is 12.0. The summed E-state index contributed by atoms with van der Waals surface area (Å²) in [7, 11) is 0. The van der Waals surface area contributed by atoms with Crippen LogP contribution in [0.25, 0.3) is 0 Å². The molecule has 0 radical (unpaired) electrons. The van der Waals surface area contributed by atoms with E-state index in [1.165, 1.54) is 0 Å². The van der Waals surface area contributed by atoms with Crippen molar-refractivity contribution in [1.82, 2.24) is 0 Å². The van der Waals surface area contributed by atoms with Gasteiger partial charge in [0, 0.05) is 4.47 Å². The van der Waals surface area contributed by atoms with E-state index < -0.39 is 34.6 Å². The number of halogens is 5. The van der Waals surface area contributed by atoms with Gasteiger partial charge in [-0.2, -0.15) is 0 Å². The molecule has 110 valence electrons. The summed E-state index contributed by atoms with van der Waals surface area (Å²) in [6.45, 7) is 0. The fourth-order valence-electron chi connectivity index (χ4n) is 1.62. The van der Waals surface area contributed by atoms with Crippen molar-refractivity contribution in [2.24, 2.45) is 0 Å². The minimum absolute atomic E-state index is 0.0327. The molecule has 0 unspecified atom stereocenters. The molecule has 8 heteroatoms. The molecule has 3 N–H and O–H groups in total. The smallest absolute Gasteiger partial charge is 0.258 e. The summed E-state index contributed by atoms with van der Waals surface area (Å²) in [6, 6.07) is 3.50. The van der Waals surface area contributed by atoms with Gasteiger partial charge < -0.3 is 11.1 Å². The first-order valence-corrected chi connectivity index (χ1v) is 6.67. The highest BCUT2D eigenvalue weighted by Gasteiger charge is 2.18. The second kappa shape index (κ2) is 5.95. The van der Waals surface area contributed by atoms with Crippen LogP contribution in [0.5, 0.6) is 0 Å². The second-order valence-corrected chi connectivity index (χ2v) is 5.32. The lowest BCUT2D eigenvalue weighted by Gasteiger charge is -2.11. The number of benzene rings is 2. The van der Waals surface area contributed by atoms with Crippen molar-refractivity contribution < 1.29 is 18.0 Å². The van der Waals surface area contributed by atoms with Crippen LogP contribution in [0, 0.1) is 17.5 Å². The van der Waals surface area contributed by atoms with Crippen LogP contribution in [-0.4, -0.2) is 5.91 Å². The zero-order chi connectivity index (χ0) is 15.7. The van der Waals surface area contributed by atoms with Crippen molar-refractivity contribution in [2.45, 2.75) is 0 Å². The Kier molecular flexibility index (Phi) is 4.43. The third kappa shape index (κ3) is 3.30. The van der Waals surface area contributed by atoms with Crippen LogP contribution in [0.2, 0.25) is 5.02 Å². The maximum atomic E-state index is 13.7. The Bertz CT molecular complexity index is 717. The quantitative estimate of drug-likeness (QED) is 0.762. The summed E-state index contributed by atoms with van der Waals surface area (Å²) in [5.41, 5.74) is 4.21. The van der Waals surface area contributed by atoms with Crippen molar-refractivity contribution >= 4 is 44.8 Å². The highest BCUT2D eigenvalue weighted by atomic mass is 79.9. The first-order chi connectivity index (χ1) is 9.79. The standard InChI is InChI=1S/C13H7BrClF3N2O/c14-8-2-6(17)3-9(15)12(8)20-13(21)7-1-5(16)4-10(19)11(7)18/h1-4H,19H2,(H,20,21). The average Bonchev–Trinajstić information content (AvgIpc) is 2.37. The largest absolute Gasteiger partial charge is 0.396 e. The minimum atomic E-state index is -1.05. The highest BCUT2D eigenvalue weighted by Crippen LogP contribution is 2.32. The SMILES string of the molecule is Nc1cc(F)cc(C(=O)Nc2c(Cl)cc(F)cc2Br)c1F. The summed E-state index contributed by atoms with van der Waals surface area (Å²) in [5, 5.41) is 2.17. The molecule has 0 aliphatic heterocycles. The summed E-state index contributed by atoms with van der Waals surface area (Å²) in [6.07, 6.45) is 0. The van der Waals surface area contributed by atoms with E-state index in [1.807, 2.05) is 0 Å². The molecule has 2 rings (SSSR count). The van der Waals surface area contributed by atoms with E-state index in [2.05, 4.69) is 21.2 Å². The molecule has 0 atom stereocenters. The van der Waals surface area contributed by atoms with Gasteiger partial charge in [-0.3, -0.25) is 4.79 Å². The van der Waals surface area contributed by atoms with Gasteiger partial charge in [-0.1, -0.05) is 11.6 Å². The third-order valence-electron chi connectivity index (χ3n) is 2.56. The number of amides is 1. The first kappa shape index (κ1) is 15.7. The Morgan fingerprint density at radius 3 is 2.38 bits per heavy atom. The van der Waals surface area contributed by atoms with Crippen molar-refractivity contribution in [1.29, 1.82) is 0 Å². The Hall–Kier alpha value is -1.73. The fourth-order valence-corrected chi connectivity index (χ4v) is 2.52. The Balaban J connectivity index is 2.40. The van der Waals surface area contributed by atoms with E-state index in [0.717, 1.165) is 18.2 Å². The van der Waals surface area contributed by atoms with Crippen molar-refractivity contribution in [3.63, 3.8) is 0 Å². The van der Waals surface area contributed by atoms with Crippen LogP contribution >= 0.6 is 27.5 Å². The van der Waals surface area contributed by atoms with E-state index in [9.17, 15) is 18.0 Å². The molecular weight excluding hydrogens is 373 g/mol. The third-order valence-corrected chi connectivity index (χ3v) is 3.48. The monoisotopic (exact) mass is 378 g/mol. The van der Waals surface area contributed by atoms with Crippen molar-refractivity contribution in [2.75, 3.05) is 11.1 Å². The van der Waals surface area contributed by atoms with Crippen LogP contribution in [0.15, 0.2) is 28.7 Å². The zero-order valence-corrected chi connectivity index (χ0v) is 12.5. The minimum Gasteiger partial charge on any atom is -0.396 e. The van der Waals surface area contributed by atoms with E-state index in [1.54, 1.807) is 0 Å². The zero-order valence-electron chi connectivity index (χ0n) is 10.2. The van der Waals surface area contributed by atoms with Crippen LogP contribution in [0.4, 0.5) is 24.5 Å². The number of carbonyl (C=O) groups excluding carboxylic acids is 1. The Morgan fingerprint density at radius 1 is 1.14 bits per heavy atom. The molecule has 0 saturated heterocycles. The molecule has 3 nitrogen and oxygen atoms in total. The van der Waals surface area contributed by atoms with Gasteiger partial charge >= 0.3 is 0 Å². The Labute approximate surface area is 131 Å². The van der Waals surface area contributed by atoms with Crippen LogP contribution in [-0.2, 0) is 0 Å². The number of nitrogen functional groups attached to an aromatic ring is 1. The predicted molar refractivity (Wildman–Crippen MR) is 77.8 cm³/mol. The van der Waals surface area contributed by atoms with E-state index in [0.29, 0.717) is 6.07 Å². The first-order valence-electron chi connectivity index (χ1n) is 5.50. The molecule has 21 heavy (non-hydrogen) atoms. The van der Waals surface area contributed by atoms with Gasteiger partial charge in [-0.25, -0.2) is 13.2 Å². The molecule has 0 aliphatic rings. The maximum Gasteiger partial charge on any atom is 0.258 e. The van der Waals surface area contributed by atoms with Gasteiger partial charge in [0.05, 0.1) is 22.0 Å². The molecule has 0 bridgehead atoms. The molecular formula is C13H7BrClF3N2O. The van der Waals surface area contributed by atoms with Gasteiger partial charge in [0.15, 0.2) is 5.82 Å². The molecule has 0 aliphatic carbocycles. The Morgan fingerprint density at radius 2 is 1.76 bits per heavy atom. The topological polar surface area (TPSA) is 55.1 Å². The van der Waals surface area contributed by atoms with E-state index in [-0.39, 0.29) is 15.2 Å². The van der Waals surface area contributed by atoms with Gasteiger partial charge in [-0.05, 0) is 40.2 Å². The maximum absolute atomic E-state index is 13.7. The van der Waals surface area contributed by atoms with Gasteiger partial charge in [0.2, 0.25) is 0 Å². The lowest BCUT2D eigenvalue weighted by atomic mass is 10.1. The molecule has 0 aromatic heterocycles. The van der Waals surface area contributed by atoms with E-state index in [4.69, 9.17) is 17.3 Å². The highest BCUT2D eigenvalue weighted by molar-refractivity contribution is 9.10. The predicted octanol–water partition coefficient (Wildman–Crippen LogP) is 4.35. The molecule has 2 aromatic carbocycles. The molecule has 0 saturated carbocycles.